The average Bonchev–Trinajstić information content (AvgIpc) is 3.23. The summed E-state index contributed by atoms with van der Waals surface area (Å²) in [5.41, 5.74) is 3.59. The minimum atomic E-state index is -1.09. The second-order valence-electron chi connectivity index (χ2n) is 7.85. The van der Waals surface area contributed by atoms with Crippen molar-refractivity contribution in [1.82, 2.24) is 15.8 Å². The Hall–Kier alpha value is -3.31. The molecule has 0 aliphatic carbocycles. The fourth-order valence-electron chi connectivity index (χ4n) is 3.53. The van der Waals surface area contributed by atoms with Crippen molar-refractivity contribution in [2.75, 3.05) is 13.7 Å². The Morgan fingerprint density at radius 3 is 2.57 bits per heavy atom. The highest BCUT2D eigenvalue weighted by Crippen LogP contribution is 2.50. The van der Waals surface area contributed by atoms with Gasteiger partial charge in [0, 0.05) is 32.6 Å². The highest BCUT2D eigenvalue weighted by atomic mass is 32.2. The fraction of sp³-hybridized carbons (Fsp3) is 0.333. The number of hydrazone groups is 2. The third kappa shape index (κ3) is 6.04. The van der Waals surface area contributed by atoms with Gasteiger partial charge in [0.2, 0.25) is 5.91 Å². The first-order chi connectivity index (χ1) is 16.7. The van der Waals surface area contributed by atoms with Crippen LogP contribution in [-0.2, 0) is 19.2 Å². The maximum Gasteiger partial charge on any atom is 0.273 e. The molecule has 0 aromatic heterocycles. The molecule has 186 valence electrons. The molecule has 0 saturated carbocycles. The second-order valence-corrected chi connectivity index (χ2v) is 9.11. The summed E-state index contributed by atoms with van der Waals surface area (Å²) in [5, 5.41) is 12.6. The third-order valence-electron chi connectivity index (χ3n) is 5.27. The molecule has 3 rings (SSSR count). The molecule has 0 bridgehead atoms. The molecule has 1 aliphatic heterocycles. The normalized spacial score (nSPS) is 18.7. The number of benzene rings is 2. The van der Waals surface area contributed by atoms with Crippen LogP contribution in [0.3, 0.4) is 0 Å². The van der Waals surface area contributed by atoms with Crippen LogP contribution in [0.15, 0.2) is 58.7 Å². The summed E-state index contributed by atoms with van der Waals surface area (Å²) in [7, 11) is 1.41. The van der Waals surface area contributed by atoms with Crippen LogP contribution in [0.2, 0.25) is 0 Å². The monoisotopic (exact) mass is 503 g/mol. The lowest BCUT2D eigenvalue weighted by molar-refractivity contribution is -0.144. The summed E-state index contributed by atoms with van der Waals surface area (Å²) in [6.07, 6.45) is -0.530. The number of carbonyl (C=O) groups is 2. The molecule has 2 aromatic carbocycles. The zero-order chi connectivity index (χ0) is 25.6. The van der Waals surface area contributed by atoms with Crippen molar-refractivity contribution in [3.63, 3.8) is 0 Å². The summed E-state index contributed by atoms with van der Waals surface area (Å²) < 4.78 is 33.9. The highest BCUT2D eigenvalue weighted by Gasteiger charge is 2.49. The van der Waals surface area contributed by atoms with Crippen molar-refractivity contribution < 1.29 is 23.1 Å². The van der Waals surface area contributed by atoms with Crippen molar-refractivity contribution in [1.29, 1.82) is 0 Å². The van der Waals surface area contributed by atoms with Crippen LogP contribution in [0.1, 0.15) is 38.3 Å². The Morgan fingerprint density at radius 2 is 1.91 bits per heavy atom. The van der Waals surface area contributed by atoms with Crippen molar-refractivity contribution in [3.05, 3.63) is 71.3 Å². The van der Waals surface area contributed by atoms with E-state index in [1.54, 1.807) is 13.8 Å². The van der Waals surface area contributed by atoms with Crippen molar-refractivity contribution in [2.45, 2.75) is 38.2 Å². The van der Waals surface area contributed by atoms with E-state index in [0.29, 0.717) is 12.3 Å². The van der Waals surface area contributed by atoms with E-state index < -0.39 is 28.5 Å². The van der Waals surface area contributed by atoms with E-state index in [1.807, 2.05) is 30.3 Å². The zero-order valence-corrected chi connectivity index (χ0v) is 20.7. The van der Waals surface area contributed by atoms with Crippen LogP contribution in [-0.4, -0.2) is 47.5 Å². The lowest BCUT2D eigenvalue weighted by atomic mass is 10.0. The smallest absolute Gasteiger partial charge is 0.273 e. The number of hydrogen-bond donors (Lipinski definition) is 2. The minimum absolute atomic E-state index is 0.0387. The number of thioether (sulfide) groups is 1. The van der Waals surface area contributed by atoms with Gasteiger partial charge < -0.3 is 15.5 Å². The van der Waals surface area contributed by atoms with Crippen LogP contribution >= 0.6 is 11.8 Å². The Bertz CT molecular complexity index is 1150. The molecular weight excluding hydrogens is 476 g/mol. The SMILES string of the molecule is COC(C)C(=O)N1N=C(c2cc(F)ccc2F)SC1(CCNN=C(C)NC(C)=O)c1ccccc1. The fourth-order valence-corrected chi connectivity index (χ4v) is 4.91. The Balaban J connectivity index is 2.03. The molecule has 11 heteroatoms. The molecule has 0 saturated heterocycles. The van der Waals surface area contributed by atoms with Gasteiger partial charge in [0.25, 0.3) is 5.91 Å². The molecule has 0 fully saturated rings. The van der Waals surface area contributed by atoms with E-state index in [0.717, 1.165) is 35.5 Å². The van der Waals surface area contributed by atoms with Crippen LogP contribution in [0.25, 0.3) is 0 Å². The zero-order valence-electron chi connectivity index (χ0n) is 19.8. The molecule has 8 nitrogen and oxygen atoms in total. The number of amides is 2. The quantitative estimate of drug-likeness (QED) is 0.249. The highest BCUT2D eigenvalue weighted by molar-refractivity contribution is 8.15. The Labute approximate surface area is 206 Å². The van der Waals surface area contributed by atoms with E-state index >= 15 is 0 Å². The number of amidine groups is 1. The van der Waals surface area contributed by atoms with Gasteiger partial charge in [-0.25, -0.2) is 13.8 Å². The van der Waals surface area contributed by atoms with Crippen LogP contribution in [0, 0.1) is 11.6 Å². The molecule has 2 aromatic rings. The maximum absolute atomic E-state index is 14.7. The molecule has 1 heterocycles. The summed E-state index contributed by atoms with van der Waals surface area (Å²) in [6, 6.07) is 12.3. The van der Waals surface area contributed by atoms with Crippen molar-refractivity contribution >= 4 is 34.5 Å². The van der Waals surface area contributed by atoms with E-state index in [4.69, 9.17) is 4.74 Å². The second kappa shape index (κ2) is 11.4. The van der Waals surface area contributed by atoms with Crippen LogP contribution in [0.4, 0.5) is 8.78 Å². The van der Waals surface area contributed by atoms with E-state index in [9.17, 15) is 18.4 Å². The van der Waals surface area contributed by atoms with Gasteiger partial charge in [-0.2, -0.15) is 10.2 Å². The summed E-state index contributed by atoms with van der Waals surface area (Å²) in [6.45, 7) is 4.88. The van der Waals surface area contributed by atoms with Gasteiger partial charge in [0.05, 0.1) is 0 Å². The lowest BCUT2D eigenvalue weighted by Gasteiger charge is -2.36. The first kappa shape index (κ1) is 26.3. The van der Waals surface area contributed by atoms with Gasteiger partial charge in [-0.15, -0.1) is 0 Å². The average molecular weight is 504 g/mol. The lowest BCUT2D eigenvalue weighted by Crippen LogP contribution is -2.47. The number of carbonyl (C=O) groups excluding carboxylic acids is 2. The van der Waals surface area contributed by atoms with E-state index in [-0.39, 0.29) is 23.1 Å². The molecular formula is C24H27F2N5O3S. The minimum Gasteiger partial charge on any atom is -0.372 e. The van der Waals surface area contributed by atoms with E-state index in [1.165, 1.54) is 19.0 Å². The van der Waals surface area contributed by atoms with Gasteiger partial charge in [-0.1, -0.05) is 42.1 Å². The summed E-state index contributed by atoms with van der Waals surface area (Å²) >= 11 is 1.16. The largest absolute Gasteiger partial charge is 0.372 e. The first-order valence-electron chi connectivity index (χ1n) is 10.9. The molecule has 35 heavy (non-hydrogen) atoms. The first-order valence-corrected chi connectivity index (χ1v) is 11.7. The molecule has 0 spiro atoms. The number of ether oxygens (including phenoxy) is 1. The molecule has 2 unspecified atom stereocenters. The van der Waals surface area contributed by atoms with Gasteiger partial charge in [-0.05, 0) is 37.6 Å². The predicted octanol–water partition coefficient (Wildman–Crippen LogP) is 3.54. The number of nitrogens with one attached hydrogen (secondary N) is 2. The van der Waals surface area contributed by atoms with Crippen LogP contribution in [0.5, 0.6) is 0 Å². The molecule has 1 aliphatic rings. The van der Waals surface area contributed by atoms with Crippen LogP contribution < -0.4 is 10.7 Å². The summed E-state index contributed by atoms with van der Waals surface area (Å²) in [5.74, 6) is -1.57. The maximum atomic E-state index is 14.7. The van der Waals surface area contributed by atoms with Crippen molar-refractivity contribution in [2.24, 2.45) is 10.2 Å². The number of hydrogen-bond acceptors (Lipinski definition) is 7. The molecule has 2 amide bonds. The van der Waals surface area contributed by atoms with Gasteiger partial charge >= 0.3 is 0 Å². The van der Waals surface area contributed by atoms with Gasteiger partial charge in [0.15, 0.2) is 0 Å². The number of rotatable bonds is 8. The predicted molar refractivity (Wildman–Crippen MR) is 131 cm³/mol. The number of nitrogens with zero attached hydrogens (tertiary/aromatic N) is 3. The van der Waals surface area contributed by atoms with Gasteiger partial charge in [-0.3, -0.25) is 9.59 Å². The number of methoxy groups -OCH3 is 1. The topological polar surface area (TPSA) is 95.4 Å². The van der Waals surface area contributed by atoms with E-state index in [2.05, 4.69) is 20.9 Å². The molecule has 2 N–H and O–H groups in total. The standard InChI is InChI=1S/C24H27F2N5O3S/c1-15(34-4)23(33)31-24(18-8-6-5-7-9-18,12-13-27-29-16(2)28-17(3)32)35-22(30-31)20-14-19(25)10-11-21(20)26/h5-11,14-15,27H,12-13H2,1-4H3,(H,28,29,32). The summed E-state index contributed by atoms with van der Waals surface area (Å²) in [4.78, 5) is 23.5. The third-order valence-corrected chi connectivity index (χ3v) is 6.72. The van der Waals surface area contributed by atoms with Gasteiger partial charge in [0.1, 0.15) is 33.5 Å². The molecule has 2 atom stereocenters. The van der Waals surface area contributed by atoms with Crippen molar-refractivity contribution in [3.8, 4) is 0 Å². The Kier molecular flexibility index (Phi) is 8.57. The Morgan fingerprint density at radius 1 is 1.20 bits per heavy atom. The number of halogens is 2. The molecule has 0 radical (unpaired) electrons.